The molecule has 0 N–H and O–H groups in total. The summed E-state index contributed by atoms with van der Waals surface area (Å²) in [6.07, 6.45) is 5.52. The van der Waals surface area contributed by atoms with E-state index < -0.39 is 15.7 Å². The highest BCUT2D eigenvalue weighted by Gasteiger charge is 2.21. The lowest BCUT2D eigenvalue weighted by Gasteiger charge is -2.08. The van der Waals surface area contributed by atoms with E-state index in [0.717, 1.165) is 10.2 Å². The molecule has 156 valence electrons. The molecule has 0 aliphatic carbocycles. The highest BCUT2D eigenvalue weighted by molar-refractivity contribution is 7.91. The van der Waals surface area contributed by atoms with Gasteiger partial charge in [0.2, 0.25) is 0 Å². The summed E-state index contributed by atoms with van der Waals surface area (Å²) in [7, 11) is -0.515. The van der Waals surface area contributed by atoms with E-state index in [0.29, 0.717) is 16.3 Å². The molecule has 2 aromatic carbocycles. The zero-order valence-electron chi connectivity index (χ0n) is 16.7. The molecule has 0 aliphatic rings. The summed E-state index contributed by atoms with van der Waals surface area (Å²) in [4.78, 5) is 17.5. The molecule has 0 saturated heterocycles. The second kappa shape index (κ2) is 8.73. The average molecular weight is 445 g/mol. The lowest BCUT2D eigenvalue weighted by atomic mass is 10.2. The van der Waals surface area contributed by atoms with Gasteiger partial charge in [-0.15, -0.1) is 6.42 Å². The van der Waals surface area contributed by atoms with Crippen molar-refractivity contribution in [2.75, 3.05) is 20.0 Å². The summed E-state index contributed by atoms with van der Waals surface area (Å²) < 4.78 is 37.9. The highest BCUT2D eigenvalue weighted by Crippen LogP contribution is 2.33. The van der Waals surface area contributed by atoms with Gasteiger partial charge in [-0.3, -0.25) is 4.79 Å². The average Bonchev–Trinajstić information content (AvgIpc) is 3.08. The van der Waals surface area contributed by atoms with Gasteiger partial charge in [0.1, 0.15) is 0 Å². The summed E-state index contributed by atoms with van der Waals surface area (Å²) in [5.41, 5.74) is 0.760. The molecule has 0 unspecified atom stereocenters. The first-order valence-electron chi connectivity index (χ1n) is 8.96. The maximum Gasteiger partial charge on any atom is 0.280 e. The first-order chi connectivity index (χ1) is 14.4. The maximum atomic E-state index is 12.9. The molecule has 1 aromatic heterocycles. The zero-order chi connectivity index (χ0) is 21.9. The Bertz CT molecular complexity index is 1330. The van der Waals surface area contributed by atoms with Gasteiger partial charge in [-0.1, -0.05) is 36.3 Å². The molecule has 7 nitrogen and oxygen atoms in total. The molecule has 0 fully saturated rings. The molecule has 3 aromatic rings. The maximum absolute atomic E-state index is 12.9. The molecular formula is C21H20N2O5S2. The molecular weight excluding hydrogens is 424 g/mol. The number of hydrogen-bond acceptors (Lipinski definition) is 6. The van der Waals surface area contributed by atoms with Crippen LogP contribution in [-0.4, -0.2) is 38.9 Å². The number of thiazole rings is 1. The predicted octanol–water partition coefficient (Wildman–Crippen LogP) is 2.89. The monoisotopic (exact) mass is 444 g/mol. The third-order valence-corrected chi connectivity index (χ3v) is 7.29. The number of nitrogens with zero attached hydrogens (tertiary/aromatic N) is 2. The molecule has 9 heteroatoms. The van der Waals surface area contributed by atoms with E-state index in [1.165, 1.54) is 44.6 Å². The number of amides is 1. The molecule has 1 amide bonds. The van der Waals surface area contributed by atoms with Crippen LogP contribution in [0.5, 0.6) is 11.5 Å². The van der Waals surface area contributed by atoms with Gasteiger partial charge in [-0.25, -0.2) is 8.42 Å². The normalized spacial score (nSPS) is 12.0. The Morgan fingerprint density at radius 3 is 2.50 bits per heavy atom. The predicted molar refractivity (Wildman–Crippen MR) is 116 cm³/mol. The number of aromatic nitrogens is 1. The van der Waals surface area contributed by atoms with Crippen LogP contribution in [0.3, 0.4) is 0 Å². The van der Waals surface area contributed by atoms with Crippen LogP contribution in [0, 0.1) is 12.3 Å². The van der Waals surface area contributed by atoms with Crippen molar-refractivity contribution in [2.45, 2.75) is 18.4 Å². The Morgan fingerprint density at radius 1 is 1.20 bits per heavy atom. The number of terminal acetylenes is 1. The van der Waals surface area contributed by atoms with E-state index >= 15 is 0 Å². The van der Waals surface area contributed by atoms with E-state index in [4.69, 9.17) is 15.9 Å². The summed E-state index contributed by atoms with van der Waals surface area (Å²) in [5, 5.41) is 0. The fourth-order valence-corrected chi connectivity index (χ4v) is 5.07. The molecule has 0 saturated carbocycles. The molecule has 3 rings (SSSR count). The van der Waals surface area contributed by atoms with Crippen LogP contribution in [0.15, 0.2) is 46.3 Å². The standard InChI is InChI=1S/C21H20N2O5S2/c1-5-11-23-15-12-16(27-3)17(28-4)13-18(15)29-21(23)22-20(24)14-9-7-8-10-19(14)30(25,26)6-2/h1,7-10,12-13H,6,11H2,2-4H3. The van der Waals surface area contributed by atoms with E-state index in [-0.39, 0.29) is 22.8 Å². The quantitative estimate of drug-likeness (QED) is 0.546. The Hall–Kier alpha value is -3.09. The highest BCUT2D eigenvalue weighted by atomic mass is 32.2. The Kier molecular flexibility index (Phi) is 6.29. The summed E-state index contributed by atoms with van der Waals surface area (Å²) in [6.45, 7) is 1.71. The van der Waals surface area contributed by atoms with Crippen molar-refractivity contribution < 1.29 is 22.7 Å². The van der Waals surface area contributed by atoms with Crippen molar-refractivity contribution in [3.05, 3.63) is 46.8 Å². The number of carbonyl (C=O) groups is 1. The van der Waals surface area contributed by atoms with Gasteiger partial charge in [0.05, 0.1) is 47.2 Å². The van der Waals surface area contributed by atoms with Crippen molar-refractivity contribution in [1.82, 2.24) is 4.57 Å². The molecule has 1 heterocycles. The SMILES string of the molecule is C#CCn1c(=NC(=O)c2ccccc2S(=O)(=O)CC)sc2cc(OC)c(OC)cc21. The summed E-state index contributed by atoms with van der Waals surface area (Å²) >= 11 is 1.25. The minimum Gasteiger partial charge on any atom is -0.493 e. The third-order valence-electron chi connectivity index (χ3n) is 4.47. The van der Waals surface area contributed by atoms with Crippen molar-refractivity contribution in [3.8, 4) is 23.8 Å². The van der Waals surface area contributed by atoms with Crippen LogP contribution in [-0.2, 0) is 16.4 Å². The van der Waals surface area contributed by atoms with Crippen LogP contribution < -0.4 is 14.3 Å². The van der Waals surface area contributed by atoms with Crippen LogP contribution in [0.1, 0.15) is 17.3 Å². The van der Waals surface area contributed by atoms with E-state index in [9.17, 15) is 13.2 Å². The number of carbonyl (C=O) groups excluding carboxylic acids is 1. The van der Waals surface area contributed by atoms with Gasteiger partial charge in [-0.2, -0.15) is 4.99 Å². The minimum atomic E-state index is -3.58. The fourth-order valence-electron chi connectivity index (χ4n) is 2.94. The number of fused-ring (bicyclic) bond motifs is 1. The molecule has 0 atom stereocenters. The number of benzene rings is 2. The topological polar surface area (TPSA) is 87.0 Å². The third kappa shape index (κ3) is 3.97. The van der Waals surface area contributed by atoms with E-state index in [1.54, 1.807) is 28.8 Å². The Labute approximate surface area is 178 Å². The molecule has 0 spiro atoms. The lowest BCUT2D eigenvalue weighted by Crippen LogP contribution is -2.18. The van der Waals surface area contributed by atoms with E-state index in [1.807, 2.05) is 0 Å². The molecule has 0 aliphatic heterocycles. The first-order valence-corrected chi connectivity index (χ1v) is 11.4. The van der Waals surface area contributed by atoms with Crippen molar-refractivity contribution in [1.29, 1.82) is 0 Å². The first kappa shape index (κ1) is 21.6. The van der Waals surface area contributed by atoms with Crippen LogP contribution in [0.25, 0.3) is 10.2 Å². The van der Waals surface area contributed by atoms with Crippen molar-refractivity contribution >= 4 is 37.3 Å². The van der Waals surface area contributed by atoms with Crippen molar-refractivity contribution in [3.63, 3.8) is 0 Å². The zero-order valence-corrected chi connectivity index (χ0v) is 18.3. The van der Waals surface area contributed by atoms with E-state index in [2.05, 4.69) is 10.9 Å². The van der Waals surface area contributed by atoms with Crippen LogP contribution in [0.4, 0.5) is 0 Å². The minimum absolute atomic E-state index is 0.0271. The van der Waals surface area contributed by atoms with Crippen LogP contribution >= 0.6 is 11.3 Å². The van der Waals surface area contributed by atoms with Gasteiger partial charge in [-0.05, 0) is 12.1 Å². The summed E-state index contributed by atoms with van der Waals surface area (Å²) in [6, 6.07) is 9.60. The second-order valence-corrected chi connectivity index (χ2v) is 9.42. The summed E-state index contributed by atoms with van der Waals surface area (Å²) in [5.74, 6) is 2.85. The smallest absolute Gasteiger partial charge is 0.280 e. The Morgan fingerprint density at radius 2 is 1.87 bits per heavy atom. The number of ether oxygens (including phenoxy) is 2. The number of sulfone groups is 1. The molecule has 0 bridgehead atoms. The van der Waals surface area contributed by atoms with Gasteiger partial charge < -0.3 is 14.0 Å². The number of rotatable bonds is 6. The van der Waals surface area contributed by atoms with Gasteiger partial charge in [0.15, 0.2) is 26.1 Å². The van der Waals surface area contributed by atoms with Crippen LogP contribution in [0.2, 0.25) is 0 Å². The Balaban J connectivity index is 2.23. The van der Waals surface area contributed by atoms with Gasteiger partial charge in [0.25, 0.3) is 5.91 Å². The van der Waals surface area contributed by atoms with Gasteiger partial charge in [0, 0.05) is 12.1 Å². The number of hydrogen-bond donors (Lipinski definition) is 0. The van der Waals surface area contributed by atoms with Crippen molar-refractivity contribution in [2.24, 2.45) is 4.99 Å². The second-order valence-electron chi connectivity index (χ2n) is 6.17. The molecule has 0 radical (unpaired) electrons. The molecule has 30 heavy (non-hydrogen) atoms. The van der Waals surface area contributed by atoms with Gasteiger partial charge >= 0.3 is 0 Å². The lowest BCUT2D eigenvalue weighted by molar-refractivity contribution is 0.0994. The fraction of sp³-hybridized carbons (Fsp3) is 0.238. The largest absolute Gasteiger partial charge is 0.493 e. The number of methoxy groups -OCH3 is 2.